The van der Waals surface area contributed by atoms with Crippen molar-refractivity contribution in [2.24, 2.45) is 5.92 Å². The maximum Gasteiger partial charge on any atom is 0.435 e. The van der Waals surface area contributed by atoms with Gasteiger partial charge in [0.2, 0.25) is 0 Å². The van der Waals surface area contributed by atoms with Crippen molar-refractivity contribution < 1.29 is 22.4 Å². The van der Waals surface area contributed by atoms with Crippen LogP contribution in [0.25, 0.3) is 5.69 Å². The van der Waals surface area contributed by atoms with E-state index in [1.807, 2.05) is 0 Å². The Kier molecular flexibility index (Phi) is 6.51. The largest absolute Gasteiger partial charge is 0.435 e. The first kappa shape index (κ1) is 21.2. The van der Waals surface area contributed by atoms with Gasteiger partial charge in [0.25, 0.3) is 5.91 Å². The molecule has 0 bridgehead atoms. The molecule has 2 heterocycles. The Labute approximate surface area is 165 Å². The predicted octanol–water partition coefficient (Wildman–Crippen LogP) is 3.28. The van der Waals surface area contributed by atoms with Crippen LogP contribution in [0, 0.1) is 11.7 Å². The third-order valence-corrected chi connectivity index (χ3v) is 5.02. The van der Waals surface area contributed by atoms with Crippen LogP contribution in [0.3, 0.4) is 0 Å². The van der Waals surface area contributed by atoms with E-state index >= 15 is 0 Å². The number of aromatic nitrogens is 3. The summed E-state index contributed by atoms with van der Waals surface area (Å²) in [6.07, 6.45) is -2.00. The van der Waals surface area contributed by atoms with Gasteiger partial charge in [0.15, 0.2) is 11.4 Å². The number of alkyl halides is 3. The van der Waals surface area contributed by atoms with Gasteiger partial charge in [0.1, 0.15) is 5.82 Å². The summed E-state index contributed by atoms with van der Waals surface area (Å²) in [6, 6.07) is 4.51. The van der Waals surface area contributed by atoms with E-state index in [1.54, 1.807) is 0 Å². The molecule has 0 unspecified atom stereocenters. The quantitative estimate of drug-likeness (QED) is 0.583. The summed E-state index contributed by atoms with van der Waals surface area (Å²) in [4.78, 5) is 14.6. The molecule has 1 amide bonds. The number of halogens is 4. The molecule has 158 valence electrons. The second kappa shape index (κ2) is 8.89. The number of carbonyl (C=O) groups is 1. The van der Waals surface area contributed by atoms with Crippen LogP contribution in [-0.2, 0) is 6.18 Å². The zero-order valence-corrected chi connectivity index (χ0v) is 16.0. The average molecular weight is 413 g/mol. The number of carbonyl (C=O) groups excluding carboxylic acids is 1. The smallest absolute Gasteiger partial charge is 0.351 e. The highest BCUT2D eigenvalue weighted by Crippen LogP contribution is 2.32. The Bertz CT molecular complexity index is 843. The minimum atomic E-state index is -4.88. The molecule has 1 aromatic heterocycles. The van der Waals surface area contributed by atoms with E-state index in [0.29, 0.717) is 17.0 Å². The number of hydrogen-bond donors (Lipinski definition) is 1. The molecule has 1 aliphatic heterocycles. The Morgan fingerprint density at radius 3 is 2.66 bits per heavy atom. The summed E-state index contributed by atoms with van der Waals surface area (Å²) >= 11 is 0. The number of likely N-dealkylation sites (tertiary alicyclic amines) is 1. The normalized spacial score (nSPS) is 16.2. The fourth-order valence-corrected chi connectivity index (χ4v) is 3.35. The second-order valence-corrected chi connectivity index (χ2v) is 7.31. The number of piperidine rings is 1. The minimum absolute atomic E-state index is 0.164. The molecule has 0 radical (unpaired) electrons. The van der Waals surface area contributed by atoms with Gasteiger partial charge in [-0.3, -0.25) is 4.79 Å². The van der Waals surface area contributed by atoms with Crippen LogP contribution in [0.1, 0.15) is 42.4 Å². The lowest BCUT2D eigenvalue weighted by atomic mass is 9.99. The van der Waals surface area contributed by atoms with Crippen molar-refractivity contribution >= 4 is 5.91 Å². The van der Waals surface area contributed by atoms with Crippen LogP contribution in [0.5, 0.6) is 0 Å². The molecule has 1 aromatic carbocycles. The van der Waals surface area contributed by atoms with Gasteiger partial charge >= 0.3 is 6.18 Å². The van der Waals surface area contributed by atoms with Crippen molar-refractivity contribution in [2.45, 2.75) is 32.4 Å². The van der Waals surface area contributed by atoms with Gasteiger partial charge in [-0.15, -0.1) is 5.10 Å². The van der Waals surface area contributed by atoms with E-state index in [9.17, 15) is 22.4 Å². The maximum atomic E-state index is 13.6. The van der Waals surface area contributed by atoms with E-state index in [-0.39, 0.29) is 12.2 Å². The first-order valence-corrected chi connectivity index (χ1v) is 9.55. The molecule has 10 heteroatoms. The van der Waals surface area contributed by atoms with E-state index < -0.39 is 29.3 Å². The first-order valence-electron chi connectivity index (χ1n) is 9.55. The topological polar surface area (TPSA) is 63.1 Å². The molecule has 2 aromatic rings. The zero-order chi connectivity index (χ0) is 21.0. The van der Waals surface area contributed by atoms with Crippen molar-refractivity contribution in [1.82, 2.24) is 25.2 Å². The lowest BCUT2D eigenvalue weighted by Gasteiger charge is -2.30. The second-order valence-electron chi connectivity index (χ2n) is 7.31. The molecule has 1 N–H and O–H groups in total. The molecule has 6 nitrogen and oxygen atoms in total. The van der Waals surface area contributed by atoms with Crippen LogP contribution in [-0.4, -0.2) is 52.0 Å². The van der Waals surface area contributed by atoms with Crippen LogP contribution in [0.4, 0.5) is 17.6 Å². The lowest BCUT2D eigenvalue weighted by molar-refractivity contribution is -0.143. The molecule has 0 saturated carbocycles. The highest BCUT2D eigenvalue weighted by Gasteiger charge is 2.42. The lowest BCUT2D eigenvalue weighted by Crippen LogP contribution is -2.35. The molecule has 29 heavy (non-hydrogen) atoms. The number of nitrogens with one attached hydrogen (secondary N) is 1. The van der Waals surface area contributed by atoms with Crippen molar-refractivity contribution in [3.63, 3.8) is 0 Å². The van der Waals surface area contributed by atoms with Gasteiger partial charge in [-0.2, -0.15) is 13.2 Å². The summed E-state index contributed by atoms with van der Waals surface area (Å²) in [7, 11) is 0. The predicted molar refractivity (Wildman–Crippen MR) is 98.1 cm³/mol. The molecule has 1 fully saturated rings. The maximum absolute atomic E-state index is 13.6. The highest BCUT2D eigenvalue weighted by atomic mass is 19.4. The average Bonchev–Trinajstić information content (AvgIpc) is 3.12. The van der Waals surface area contributed by atoms with Crippen LogP contribution < -0.4 is 5.32 Å². The van der Waals surface area contributed by atoms with E-state index in [0.717, 1.165) is 44.6 Å². The summed E-state index contributed by atoms with van der Waals surface area (Å²) in [5.41, 5.74) is -2.32. The van der Waals surface area contributed by atoms with Gasteiger partial charge in [0, 0.05) is 6.54 Å². The monoisotopic (exact) mass is 413 g/mol. The van der Waals surface area contributed by atoms with E-state index in [1.165, 1.54) is 12.1 Å². The standard InChI is InChI=1S/C19H23F4N5O/c1-13-6-10-27(11-7-13)9-3-8-24-18(29)16-17(19(21,22)23)28(26-25-16)15-5-2-4-14(20)12-15/h2,4-5,12-13H,3,6-11H2,1H3,(H,24,29). The van der Waals surface area contributed by atoms with Crippen molar-refractivity contribution in [3.05, 3.63) is 41.5 Å². The zero-order valence-electron chi connectivity index (χ0n) is 16.0. The molecule has 1 saturated heterocycles. The first-order chi connectivity index (χ1) is 13.8. The van der Waals surface area contributed by atoms with Crippen molar-refractivity contribution in [2.75, 3.05) is 26.2 Å². The Balaban J connectivity index is 1.66. The van der Waals surface area contributed by atoms with Gasteiger partial charge in [-0.05, 0) is 63.0 Å². The molecule has 3 rings (SSSR count). The number of benzene rings is 1. The van der Waals surface area contributed by atoms with Crippen LogP contribution in [0.2, 0.25) is 0 Å². The Hall–Kier alpha value is -2.49. The van der Waals surface area contributed by atoms with Gasteiger partial charge < -0.3 is 10.2 Å². The SMILES string of the molecule is CC1CCN(CCCNC(=O)c2nnn(-c3cccc(F)c3)c2C(F)(F)F)CC1. The number of rotatable bonds is 6. The third-order valence-electron chi connectivity index (χ3n) is 5.02. The molecular weight excluding hydrogens is 390 g/mol. The summed E-state index contributed by atoms with van der Waals surface area (Å²) in [6.45, 7) is 5.21. The van der Waals surface area contributed by atoms with Gasteiger partial charge in [-0.25, -0.2) is 9.07 Å². The Morgan fingerprint density at radius 2 is 2.00 bits per heavy atom. The van der Waals surface area contributed by atoms with Crippen LogP contribution >= 0.6 is 0 Å². The van der Waals surface area contributed by atoms with E-state index in [2.05, 4.69) is 27.5 Å². The third kappa shape index (κ3) is 5.31. The minimum Gasteiger partial charge on any atom is -0.351 e. The van der Waals surface area contributed by atoms with E-state index in [4.69, 9.17) is 0 Å². The van der Waals surface area contributed by atoms with Gasteiger partial charge in [-0.1, -0.05) is 18.2 Å². The fourth-order valence-electron chi connectivity index (χ4n) is 3.35. The summed E-state index contributed by atoms with van der Waals surface area (Å²) < 4.78 is 54.5. The van der Waals surface area contributed by atoms with Crippen molar-refractivity contribution in [1.29, 1.82) is 0 Å². The number of hydrogen-bond acceptors (Lipinski definition) is 4. The molecule has 1 aliphatic rings. The molecule has 0 atom stereocenters. The van der Waals surface area contributed by atoms with Crippen LogP contribution in [0.15, 0.2) is 24.3 Å². The highest BCUT2D eigenvalue weighted by molar-refractivity contribution is 5.93. The van der Waals surface area contributed by atoms with Gasteiger partial charge in [0.05, 0.1) is 5.69 Å². The number of amides is 1. The van der Waals surface area contributed by atoms with Crippen molar-refractivity contribution in [3.8, 4) is 5.69 Å². The Morgan fingerprint density at radius 1 is 1.28 bits per heavy atom. The fraction of sp³-hybridized carbons (Fsp3) is 0.526. The summed E-state index contributed by atoms with van der Waals surface area (Å²) in [5.74, 6) is -0.955. The molecule has 0 aliphatic carbocycles. The number of nitrogens with zero attached hydrogens (tertiary/aromatic N) is 4. The summed E-state index contributed by atoms with van der Waals surface area (Å²) in [5, 5.41) is 9.33. The molecule has 0 spiro atoms. The molecular formula is C19H23F4N5O.